The highest BCUT2D eigenvalue weighted by Crippen LogP contribution is 2.45. The molecule has 1 fully saturated rings. The molecule has 1 N–H and O–H groups in total. The van der Waals surface area contributed by atoms with Crippen molar-refractivity contribution in [2.75, 3.05) is 11.5 Å². The van der Waals surface area contributed by atoms with Crippen LogP contribution in [0, 0.1) is 11.3 Å². The van der Waals surface area contributed by atoms with Gasteiger partial charge in [-0.1, -0.05) is 34.1 Å². The summed E-state index contributed by atoms with van der Waals surface area (Å²) in [6, 6.07) is 0. The zero-order valence-corrected chi connectivity index (χ0v) is 10.8. The van der Waals surface area contributed by atoms with Crippen LogP contribution in [0.25, 0.3) is 0 Å². The van der Waals surface area contributed by atoms with Crippen LogP contribution in [-0.2, 0) is 0 Å². The van der Waals surface area contributed by atoms with Gasteiger partial charge in [-0.2, -0.15) is 11.8 Å². The minimum atomic E-state index is -0.439. The summed E-state index contributed by atoms with van der Waals surface area (Å²) in [4.78, 5) is 0. The summed E-state index contributed by atoms with van der Waals surface area (Å²) < 4.78 is 0. The molecule has 0 bridgehead atoms. The maximum Gasteiger partial charge on any atom is 0.0791 e. The first-order valence-corrected chi connectivity index (χ1v) is 6.87. The highest BCUT2D eigenvalue weighted by atomic mass is 32.2. The zero-order valence-electron chi connectivity index (χ0n) is 9.97. The third-order valence-corrected chi connectivity index (χ3v) is 5.03. The molecule has 1 aliphatic rings. The van der Waals surface area contributed by atoms with Crippen molar-refractivity contribution in [2.24, 2.45) is 11.3 Å². The molecule has 0 amide bonds. The average molecular weight is 216 g/mol. The number of thioether (sulfide) groups is 1. The SMILES string of the molecule is CCC(C)CC1(O)CSCCC1(C)C. The first-order valence-electron chi connectivity index (χ1n) is 5.71. The zero-order chi connectivity index (χ0) is 10.8. The van der Waals surface area contributed by atoms with Gasteiger partial charge in [0, 0.05) is 5.75 Å². The van der Waals surface area contributed by atoms with E-state index in [-0.39, 0.29) is 5.41 Å². The molecule has 2 unspecified atom stereocenters. The lowest BCUT2D eigenvalue weighted by molar-refractivity contribution is -0.0681. The second-order valence-corrected chi connectivity index (χ2v) is 6.54. The Kier molecular flexibility index (Phi) is 3.93. The summed E-state index contributed by atoms with van der Waals surface area (Å²) in [5.74, 6) is 2.76. The molecule has 0 saturated carbocycles. The molecule has 0 aromatic rings. The molecule has 1 aliphatic heterocycles. The Labute approximate surface area is 92.7 Å². The molecule has 14 heavy (non-hydrogen) atoms. The van der Waals surface area contributed by atoms with Gasteiger partial charge >= 0.3 is 0 Å². The van der Waals surface area contributed by atoms with Crippen LogP contribution in [-0.4, -0.2) is 22.2 Å². The minimum Gasteiger partial charge on any atom is -0.388 e. The number of aliphatic hydroxyl groups is 1. The molecule has 84 valence electrons. The van der Waals surface area contributed by atoms with Gasteiger partial charge in [0.25, 0.3) is 0 Å². The van der Waals surface area contributed by atoms with Gasteiger partial charge in [0.2, 0.25) is 0 Å². The normalized spacial score (nSPS) is 34.1. The molecule has 0 aliphatic carbocycles. The van der Waals surface area contributed by atoms with Crippen molar-refractivity contribution < 1.29 is 5.11 Å². The fourth-order valence-corrected chi connectivity index (χ4v) is 3.70. The summed E-state index contributed by atoms with van der Waals surface area (Å²) in [6.07, 6.45) is 3.27. The molecule has 1 nitrogen and oxygen atoms in total. The lowest BCUT2D eigenvalue weighted by Crippen LogP contribution is -2.50. The van der Waals surface area contributed by atoms with Crippen molar-refractivity contribution in [1.29, 1.82) is 0 Å². The highest BCUT2D eigenvalue weighted by Gasteiger charge is 2.45. The molecule has 0 aromatic heterocycles. The topological polar surface area (TPSA) is 20.2 Å². The average Bonchev–Trinajstić information content (AvgIpc) is 2.10. The lowest BCUT2D eigenvalue weighted by Gasteiger charge is -2.47. The van der Waals surface area contributed by atoms with E-state index in [1.54, 1.807) is 0 Å². The van der Waals surface area contributed by atoms with Gasteiger partial charge < -0.3 is 5.11 Å². The Morgan fingerprint density at radius 2 is 2.07 bits per heavy atom. The monoisotopic (exact) mass is 216 g/mol. The maximum atomic E-state index is 10.7. The molecule has 1 rings (SSSR count). The predicted octanol–water partition coefficient (Wildman–Crippen LogP) is 3.32. The van der Waals surface area contributed by atoms with Crippen molar-refractivity contribution in [3.8, 4) is 0 Å². The minimum absolute atomic E-state index is 0.0989. The van der Waals surface area contributed by atoms with Gasteiger partial charge in [0.1, 0.15) is 0 Å². The van der Waals surface area contributed by atoms with Gasteiger partial charge in [0.15, 0.2) is 0 Å². The van der Waals surface area contributed by atoms with E-state index in [2.05, 4.69) is 27.7 Å². The Hall–Kier alpha value is 0.310. The molecule has 0 aromatic carbocycles. The molecule has 2 heteroatoms. The molecule has 1 saturated heterocycles. The third-order valence-electron chi connectivity index (χ3n) is 3.86. The fourth-order valence-electron chi connectivity index (χ4n) is 2.05. The van der Waals surface area contributed by atoms with Gasteiger partial charge in [-0.05, 0) is 29.9 Å². The van der Waals surface area contributed by atoms with Gasteiger partial charge in [-0.15, -0.1) is 0 Å². The van der Waals surface area contributed by atoms with Gasteiger partial charge in [0.05, 0.1) is 5.60 Å². The van der Waals surface area contributed by atoms with Crippen LogP contribution in [0.15, 0.2) is 0 Å². The van der Waals surface area contributed by atoms with Crippen LogP contribution < -0.4 is 0 Å². The summed E-state index contributed by atoms with van der Waals surface area (Å²) in [6.45, 7) is 8.88. The Morgan fingerprint density at radius 1 is 1.43 bits per heavy atom. The molecule has 2 atom stereocenters. The Bertz CT molecular complexity index is 191. The predicted molar refractivity (Wildman–Crippen MR) is 64.7 cm³/mol. The van der Waals surface area contributed by atoms with E-state index < -0.39 is 5.60 Å². The van der Waals surface area contributed by atoms with Crippen LogP contribution in [0.4, 0.5) is 0 Å². The van der Waals surface area contributed by atoms with Crippen molar-refractivity contribution >= 4 is 11.8 Å². The van der Waals surface area contributed by atoms with Crippen molar-refractivity contribution in [3.05, 3.63) is 0 Å². The Morgan fingerprint density at radius 3 is 2.57 bits per heavy atom. The second-order valence-electron chi connectivity index (χ2n) is 5.44. The fraction of sp³-hybridized carbons (Fsp3) is 1.00. The van der Waals surface area contributed by atoms with Crippen LogP contribution in [0.3, 0.4) is 0 Å². The summed E-state index contributed by atoms with van der Waals surface area (Å²) in [5, 5.41) is 10.7. The third kappa shape index (κ3) is 2.46. The first kappa shape index (κ1) is 12.4. The summed E-state index contributed by atoms with van der Waals surface area (Å²) in [5.41, 5.74) is -0.340. The van der Waals surface area contributed by atoms with E-state index in [4.69, 9.17) is 0 Å². The number of rotatable bonds is 3. The van der Waals surface area contributed by atoms with E-state index >= 15 is 0 Å². The van der Waals surface area contributed by atoms with E-state index in [0.717, 1.165) is 18.6 Å². The van der Waals surface area contributed by atoms with E-state index in [9.17, 15) is 5.11 Å². The molecule has 0 radical (unpaired) electrons. The standard InChI is InChI=1S/C12H24OS/c1-5-10(2)8-12(13)9-14-7-6-11(12,3)4/h10,13H,5-9H2,1-4H3. The van der Waals surface area contributed by atoms with E-state index in [0.29, 0.717) is 5.92 Å². The number of hydrogen-bond acceptors (Lipinski definition) is 2. The Balaban J connectivity index is 2.68. The number of hydrogen-bond donors (Lipinski definition) is 1. The van der Waals surface area contributed by atoms with Crippen molar-refractivity contribution in [3.63, 3.8) is 0 Å². The van der Waals surface area contributed by atoms with Crippen molar-refractivity contribution in [1.82, 2.24) is 0 Å². The van der Waals surface area contributed by atoms with Crippen LogP contribution in [0.1, 0.15) is 47.0 Å². The molecular weight excluding hydrogens is 192 g/mol. The van der Waals surface area contributed by atoms with Crippen molar-refractivity contribution in [2.45, 2.75) is 52.6 Å². The highest BCUT2D eigenvalue weighted by molar-refractivity contribution is 7.99. The largest absolute Gasteiger partial charge is 0.388 e. The van der Waals surface area contributed by atoms with E-state index in [1.807, 2.05) is 11.8 Å². The smallest absolute Gasteiger partial charge is 0.0791 e. The molecule has 1 heterocycles. The molecular formula is C12H24OS. The van der Waals surface area contributed by atoms with Crippen LogP contribution in [0.2, 0.25) is 0 Å². The quantitative estimate of drug-likeness (QED) is 0.781. The lowest BCUT2D eigenvalue weighted by atomic mass is 9.69. The van der Waals surface area contributed by atoms with Gasteiger partial charge in [-0.3, -0.25) is 0 Å². The first-order chi connectivity index (χ1) is 6.41. The maximum absolute atomic E-state index is 10.7. The van der Waals surface area contributed by atoms with Gasteiger partial charge in [-0.25, -0.2) is 0 Å². The summed E-state index contributed by atoms with van der Waals surface area (Å²) >= 11 is 1.91. The van der Waals surface area contributed by atoms with Crippen LogP contribution >= 0.6 is 11.8 Å². The summed E-state index contributed by atoms with van der Waals surface area (Å²) in [7, 11) is 0. The molecule has 0 spiro atoms. The van der Waals surface area contributed by atoms with Crippen LogP contribution in [0.5, 0.6) is 0 Å². The second kappa shape index (κ2) is 4.44. The van der Waals surface area contributed by atoms with E-state index in [1.165, 1.54) is 12.2 Å².